The second-order valence-electron chi connectivity index (χ2n) is 3.85. The molecule has 1 N–H and O–H groups in total. The first-order valence-electron chi connectivity index (χ1n) is 5.30. The van der Waals surface area contributed by atoms with E-state index >= 15 is 0 Å². The molecule has 0 spiro atoms. The van der Waals surface area contributed by atoms with E-state index < -0.39 is 0 Å². The normalized spacial score (nSPS) is 21.7. The Kier molecular flexibility index (Phi) is 3.59. The van der Waals surface area contributed by atoms with E-state index in [2.05, 4.69) is 25.8 Å². The van der Waals surface area contributed by atoms with Crippen molar-refractivity contribution < 1.29 is 5.11 Å². The molecule has 1 fully saturated rings. The van der Waals surface area contributed by atoms with Gasteiger partial charge in [-0.15, -0.1) is 0 Å². The summed E-state index contributed by atoms with van der Waals surface area (Å²) in [6.45, 7) is 1.25. The minimum Gasteiger partial charge on any atom is -0.394 e. The van der Waals surface area contributed by atoms with Crippen molar-refractivity contribution in [2.75, 3.05) is 18.1 Å². The van der Waals surface area contributed by atoms with Crippen LogP contribution in [0.5, 0.6) is 0 Å². The van der Waals surface area contributed by atoms with E-state index in [4.69, 9.17) is 0 Å². The van der Waals surface area contributed by atoms with Crippen LogP contribution in [0.3, 0.4) is 0 Å². The quantitative estimate of drug-likeness (QED) is 0.895. The zero-order chi connectivity index (χ0) is 10.7. The third-order valence-electron chi connectivity index (χ3n) is 2.90. The number of piperidine rings is 1. The van der Waals surface area contributed by atoms with Crippen LogP contribution in [0.25, 0.3) is 0 Å². The van der Waals surface area contributed by atoms with E-state index in [1.165, 1.54) is 12.8 Å². The van der Waals surface area contributed by atoms with Crippen molar-refractivity contribution in [3.05, 3.63) is 22.9 Å². The molecule has 82 valence electrons. The smallest absolute Gasteiger partial charge is 0.0635 e. The van der Waals surface area contributed by atoms with Gasteiger partial charge in [0.25, 0.3) is 0 Å². The molecule has 3 nitrogen and oxygen atoms in total. The summed E-state index contributed by atoms with van der Waals surface area (Å²) in [4.78, 5) is 6.33. The lowest BCUT2D eigenvalue weighted by molar-refractivity contribution is 0.240. The van der Waals surface area contributed by atoms with Crippen molar-refractivity contribution in [1.82, 2.24) is 4.98 Å². The fourth-order valence-corrected chi connectivity index (χ4v) is 2.59. The molecule has 2 heterocycles. The van der Waals surface area contributed by atoms with Crippen LogP contribution in [0.2, 0.25) is 0 Å². The Labute approximate surface area is 98.3 Å². The molecule has 1 aromatic rings. The first-order chi connectivity index (χ1) is 7.33. The van der Waals surface area contributed by atoms with Gasteiger partial charge in [-0.05, 0) is 41.3 Å². The van der Waals surface area contributed by atoms with Crippen molar-refractivity contribution >= 4 is 21.6 Å². The fraction of sp³-hybridized carbons (Fsp3) is 0.545. The predicted molar refractivity (Wildman–Crippen MR) is 64.0 cm³/mol. The van der Waals surface area contributed by atoms with Gasteiger partial charge in [-0.3, -0.25) is 4.98 Å². The van der Waals surface area contributed by atoms with Crippen molar-refractivity contribution in [2.24, 2.45) is 0 Å². The highest BCUT2D eigenvalue weighted by Crippen LogP contribution is 2.30. The standard InChI is InChI=1S/C11H15BrN2O/c12-10-7-13-5-4-11(10)14-6-2-1-3-9(14)8-15/h4-5,7,9,15H,1-3,6,8H2. The zero-order valence-corrected chi connectivity index (χ0v) is 10.2. The maximum Gasteiger partial charge on any atom is 0.0635 e. The number of aliphatic hydroxyl groups excluding tert-OH is 1. The van der Waals surface area contributed by atoms with Gasteiger partial charge in [0.1, 0.15) is 0 Å². The lowest BCUT2D eigenvalue weighted by Crippen LogP contribution is -2.42. The third-order valence-corrected chi connectivity index (χ3v) is 3.51. The molecule has 1 atom stereocenters. The maximum absolute atomic E-state index is 9.34. The molecule has 1 aliphatic rings. The molecule has 0 radical (unpaired) electrons. The van der Waals surface area contributed by atoms with E-state index in [-0.39, 0.29) is 12.6 Å². The van der Waals surface area contributed by atoms with Gasteiger partial charge in [0, 0.05) is 18.9 Å². The summed E-state index contributed by atoms with van der Waals surface area (Å²) < 4.78 is 1.00. The average Bonchev–Trinajstić information content (AvgIpc) is 2.30. The number of nitrogens with zero attached hydrogens (tertiary/aromatic N) is 2. The van der Waals surface area contributed by atoms with E-state index in [0.29, 0.717) is 0 Å². The Hall–Kier alpha value is -0.610. The Bertz CT molecular complexity index is 332. The van der Waals surface area contributed by atoms with Gasteiger partial charge >= 0.3 is 0 Å². The van der Waals surface area contributed by atoms with Crippen LogP contribution in [0.4, 0.5) is 5.69 Å². The lowest BCUT2D eigenvalue weighted by atomic mass is 10.0. The average molecular weight is 271 g/mol. The van der Waals surface area contributed by atoms with Crippen LogP contribution < -0.4 is 4.90 Å². The molecule has 1 unspecified atom stereocenters. The molecular weight excluding hydrogens is 256 g/mol. The summed E-state index contributed by atoms with van der Waals surface area (Å²) >= 11 is 3.50. The molecule has 0 saturated carbocycles. The van der Waals surface area contributed by atoms with Gasteiger partial charge in [0.05, 0.1) is 22.8 Å². The van der Waals surface area contributed by atoms with Crippen molar-refractivity contribution in [3.8, 4) is 0 Å². The zero-order valence-electron chi connectivity index (χ0n) is 8.56. The molecule has 1 aromatic heterocycles. The van der Waals surface area contributed by atoms with Gasteiger partial charge in [-0.2, -0.15) is 0 Å². The number of hydrogen-bond donors (Lipinski definition) is 1. The van der Waals surface area contributed by atoms with Crippen LogP contribution in [0, 0.1) is 0 Å². The molecule has 0 aliphatic carbocycles. The minimum atomic E-state index is 0.231. The van der Waals surface area contributed by atoms with E-state index in [1.54, 1.807) is 12.4 Å². The molecule has 0 amide bonds. The monoisotopic (exact) mass is 270 g/mol. The van der Waals surface area contributed by atoms with Crippen LogP contribution >= 0.6 is 15.9 Å². The number of aromatic nitrogens is 1. The summed E-state index contributed by atoms with van der Waals surface area (Å²) in [5, 5.41) is 9.34. The van der Waals surface area contributed by atoms with Crippen molar-refractivity contribution in [1.29, 1.82) is 0 Å². The number of halogens is 1. The largest absolute Gasteiger partial charge is 0.394 e. The van der Waals surface area contributed by atoms with Gasteiger partial charge < -0.3 is 10.0 Å². The second kappa shape index (κ2) is 4.94. The van der Waals surface area contributed by atoms with Crippen LogP contribution in [0.1, 0.15) is 19.3 Å². The Morgan fingerprint density at radius 3 is 3.13 bits per heavy atom. The van der Waals surface area contributed by atoms with E-state index in [9.17, 15) is 5.11 Å². The van der Waals surface area contributed by atoms with Crippen molar-refractivity contribution in [2.45, 2.75) is 25.3 Å². The number of anilines is 1. The highest BCUT2D eigenvalue weighted by atomic mass is 79.9. The molecule has 1 saturated heterocycles. The Morgan fingerprint density at radius 1 is 1.53 bits per heavy atom. The number of aliphatic hydroxyl groups is 1. The summed E-state index contributed by atoms with van der Waals surface area (Å²) in [5.74, 6) is 0. The minimum absolute atomic E-state index is 0.231. The number of rotatable bonds is 2. The fourth-order valence-electron chi connectivity index (χ4n) is 2.11. The molecule has 15 heavy (non-hydrogen) atoms. The topological polar surface area (TPSA) is 36.4 Å². The Morgan fingerprint density at radius 2 is 2.40 bits per heavy atom. The molecular formula is C11H15BrN2O. The summed E-state index contributed by atoms with van der Waals surface area (Å²) in [6, 6.07) is 2.26. The van der Waals surface area contributed by atoms with Gasteiger partial charge in [0.2, 0.25) is 0 Å². The molecule has 2 rings (SSSR count). The van der Waals surface area contributed by atoms with Crippen molar-refractivity contribution in [3.63, 3.8) is 0 Å². The van der Waals surface area contributed by atoms with Gasteiger partial charge in [-0.25, -0.2) is 0 Å². The maximum atomic E-state index is 9.34. The van der Waals surface area contributed by atoms with Crippen LogP contribution in [0.15, 0.2) is 22.9 Å². The molecule has 1 aliphatic heterocycles. The SMILES string of the molecule is OCC1CCCCN1c1ccncc1Br. The molecule has 0 aromatic carbocycles. The number of pyridine rings is 1. The number of hydrogen-bond acceptors (Lipinski definition) is 3. The van der Waals surface area contributed by atoms with Gasteiger partial charge in [-0.1, -0.05) is 0 Å². The van der Waals surface area contributed by atoms with Crippen LogP contribution in [-0.4, -0.2) is 29.3 Å². The summed E-state index contributed by atoms with van der Waals surface area (Å²) in [7, 11) is 0. The second-order valence-corrected chi connectivity index (χ2v) is 4.71. The first-order valence-corrected chi connectivity index (χ1v) is 6.09. The third kappa shape index (κ3) is 2.32. The predicted octanol–water partition coefficient (Wildman–Crippen LogP) is 2.20. The van der Waals surface area contributed by atoms with Crippen LogP contribution in [-0.2, 0) is 0 Å². The summed E-state index contributed by atoms with van der Waals surface area (Å²) in [5.41, 5.74) is 1.14. The summed E-state index contributed by atoms with van der Waals surface area (Å²) in [6.07, 6.45) is 7.09. The van der Waals surface area contributed by atoms with E-state index in [1.807, 2.05) is 6.07 Å². The molecule has 0 bridgehead atoms. The van der Waals surface area contributed by atoms with Gasteiger partial charge in [0.15, 0.2) is 0 Å². The highest BCUT2D eigenvalue weighted by Gasteiger charge is 2.23. The molecule has 4 heteroatoms. The lowest BCUT2D eigenvalue weighted by Gasteiger charge is -2.36. The highest BCUT2D eigenvalue weighted by molar-refractivity contribution is 9.10. The van der Waals surface area contributed by atoms with E-state index in [0.717, 1.165) is 23.1 Å². The first kappa shape index (κ1) is 10.9. The Balaban J connectivity index is 2.24.